The molecule has 0 saturated carbocycles. The third-order valence-electron chi connectivity index (χ3n) is 2.61. The van der Waals surface area contributed by atoms with E-state index in [0.29, 0.717) is 18.2 Å². The van der Waals surface area contributed by atoms with Gasteiger partial charge in [0.1, 0.15) is 0 Å². The van der Waals surface area contributed by atoms with E-state index >= 15 is 0 Å². The molecule has 0 bridgehead atoms. The summed E-state index contributed by atoms with van der Waals surface area (Å²) in [7, 11) is 0. The van der Waals surface area contributed by atoms with E-state index < -0.39 is 0 Å². The lowest BCUT2D eigenvalue weighted by molar-refractivity contribution is 0.0939. The number of ether oxygens (including phenoxy) is 1. The second-order valence-corrected chi connectivity index (χ2v) is 4.00. The molecule has 1 aromatic heterocycles. The van der Waals surface area contributed by atoms with Gasteiger partial charge < -0.3 is 10.1 Å². The molecule has 1 aliphatic heterocycles. The van der Waals surface area contributed by atoms with Gasteiger partial charge in [0.25, 0.3) is 5.91 Å². The summed E-state index contributed by atoms with van der Waals surface area (Å²) in [5.74, 6) is 0.266. The van der Waals surface area contributed by atoms with Crippen molar-refractivity contribution in [2.45, 2.75) is 13.3 Å². The van der Waals surface area contributed by atoms with E-state index in [0.717, 1.165) is 25.3 Å². The van der Waals surface area contributed by atoms with Crippen LogP contribution in [0.2, 0.25) is 0 Å². The predicted molar refractivity (Wildman–Crippen MR) is 58.0 cm³/mol. The zero-order valence-corrected chi connectivity index (χ0v) is 9.27. The van der Waals surface area contributed by atoms with Crippen molar-refractivity contribution < 1.29 is 9.53 Å². The molecular weight excluding hydrogens is 206 g/mol. The van der Waals surface area contributed by atoms with Crippen molar-refractivity contribution in [1.82, 2.24) is 15.5 Å². The molecule has 2 rings (SSSR count). The Morgan fingerprint density at radius 3 is 3.06 bits per heavy atom. The lowest BCUT2D eigenvalue weighted by Crippen LogP contribution is -2.30. The van der Waals surface area contributed by atoms with Crippen LogP contribution < -0.4 is 5.32 Å². The molecular formula is C11H15N3O2. The van der Waals surface area contributed by atoms with Crippen LogP contribution in [-0.4, -0.2) is 35.9 Å². The molecule has 1 unspecified atom stereocenters. The fourth-order valence-electron chi connectivity index (χ4n) is 1.59. The van der Waals surface area contributed by atoms with Crippen LogP contribution in [0.5, 0.6) is 0 Å². The predicted octanol–water partition coefficient (Wildman–Crippen LogP) is 0.551. The second-order valence-electron chi connectivity index (χ2n) is 4.00. The number of aromatic nitrogens is 2. The summed E-state index contributed by atoms with van der Waals surface area (Å²) in [6.45, 7) is 4.02. The molecule has 1 fully saturated rings. The van der Waals surface area contributed by atoms with Gasteiger partial charge in [0.05, 0.1) is 12.3 Å². The molecule has 2 heterocycles. The first-order valence-corrected chi connectivity index (χ1v) is 5.42. The summed E-state index contributed by atoms with van der Waals surface area (Å²) < 4.78 is 5.23. The summed E-state index contributed by atoms with van der Waals surface area (Å²) in [6.07, 6.45) is 1.01. The van der Waals surface area contributed by atoms with Crippen molar-refractivity contribution >= 4 is 5.91 Å². The third-order valence-corrected chi connectivity index (χ3v) is 2.61. The molecule has 5 nitrogen and oxygen atoms in total. The van der Waals surface area contributed by atoms with Gasteiger partial charge in [0.15, 0.2) is 5.69 Å². The normalized spacial score (nSPS) is 19.7. The smallest absolute Gasteiger partial charge is 0.271 e. The molecule has 16 heavy (non-hydrogen) atoms. The lowest BCUT2D eigenvalue weighted by atomic mass is 10.1. The Hall–Kier alpha value is -1.49. The van der Waals surface area contributed by atoms with Crippen molar-refractivity contribution in [2.24, 2.45) is 5.92 Å². The maximum atomic E-state index is 11.7. The van der Waals surface area contributed by atoms with Gasteiger partial charge in [-0.3, -0.25) is 4.79 Å². The van der Waals surface area contributed by atoms with E-state index in [4.69, 9.17) is 4.74 Å². The van der Waals surface area contributed by atoms with Crippen LogP contribution in [0.25, 0.3) is 0 Å². The van der Waals surface area contributed by atoms with Crippen LogP contribution in [-0.2, 0) is 4.74 Å². The highest BCUT2D eigenvalue weighted by Gasteiger charge is 2.17. The third kappa shape index (κ3) is 2.76. The van der Waals surface area contributed by atoms with Crippen molar-refractivity contribution in [1.29, 1.82) is 0 Å². The largest absolute Gasteiger partial charge is 0.381 e. The highest BCUT2D eigenvalue weighted by Crippen LogP contribution is 2.10. The minimum Gasteiger partial charge on any atom is -0.381 e. The van der Waals surface area contributed by atoms with Gasteiger partial charge in [-0.15, -0.1) is 5.10 Å². The van der Waals surface area contributed by atoms with Crippen molar-refractivity contribution in [3.63, 3.8) is 0 Å². The maximum absolute atomic E-state index is 11.7. The Bertz CT molecular complexity index is 358. The summed E-state index contributed by atoms with van der Waals surface area (Å²) in [5.41, 5.74) is 1.17. The zero-order chi connectivity index (χ0) is 11.4. The molecule has 1 saturated heterocycles. The summed E-state index contributed by atoms with van der Waals surface area (Å²) >= 11 is 0. The number of rotatable bonds is 3. The van der Waals surface area contributed by atoms with Gasteiger partial charge >= 0.3 is 0 Å². The second kappa shape index (κ2) is 5.03. The van der Waals surface area contributed by atoms with Gasteiger partial charge in [-0.25, -0.2) is 0 Å². The first-order valence-electron chi connectivity index (χ1n) is 5.42. The number of nitrogens with zero attached hydrogens (tertiary/aromatic N) is 2. The number of aryl methyl sites for hydroxylation is 1. The Morgan fingerprint density at radius 2 is 2.44 bits per heavy atom. The molecule has 1 N–H and O–H groups in total. The van der Waals surface area contributed by atoms with Crippen molar-refractivity contribution in [3.8, 4) is 0 Å². The van der Waals surface area contributed by atoms with Gasteiger partial charge in [-0.1, -0.05) is 0 Å². The highest BCUT2D eigenvalue weighted by molar-refractivity contribution is 5.91. The molecule has 1 aliphatic rings. The van der Waals surface area contributed by atoms with Crippen LogP contribution in [0.4, 0.5) is 0 Å². The van der Waals surface area contributed by atoms with Crippen molar-refractivity contribution in [3.05, 3.63) is 23.5 Å². The average Bonchev–Trinajstić information content (AvgIpc) is 2.80. The van der Waals surface area contributed by atoms with Gasteiger partial charge in [0.2, 0.25) is 0 Å². The number of hydrogen-bond acceptors (Lipinski definition) is 4. The van der Waals surface area contributed by atoms with Gasteiger partial charge in [-0.05, 0) is 25.5 Å². The molecule has 86 valence electrons. The van der Waals surface area contributed by atoms with E-state index in [2.05, 4.69) is 15.5 Å². The van der Waals surface area contributed by atoms with E-state index in [1.54, 1.807) is 12.1 Å². The molecule has 1 amide bonds. The molecule has 5 heteroatoms. The standard InChI is InChI=1S/C11H15N3O2/c1-8-2-3-10(14-13-8)11(15)12-6-9-4-5-16-7-9/h2-3,9H,4-7H2,1H3,(H,12,15). The van der Waals surface area contributed by atoms with Crippen LogP contribution in [0.3, 0.4) is 0 Å². The molecule has 1 aromatic rings. The Morgan fingerprint density at radius 1 is 1.56 bits per heavy atom. The number of carbonyl (C=O) groups excluding carboxylic acids is 1. The van der Waals surface area contributed by atoms with Crippen LogP contribution in [0.1, 0.15) is 22.6 Å². The summed E-state index contributed by atoms with van der Waals surface area (Å²) in [6, 6.07) is 3.46. The average molecular weight is 221 g/mol. The lowest BCUT2D eigenvalue weighted by Gasteiger charge is -2.08. The van der Waals surface area contributed by atoms with Gasteiger partial charge in [0, 0.05) is 19.1 Å². The fourth-order valence-corrected chi connectivity index (χ4v) is 1.59. The van der Waals surface area contributed by atoms with Crippen LogP contribution in [0.15, 0.2) is 12.1 Å². The number of nitrogens with one attached hydrogen (secondary N) is 1. The van der Waals surface area contributed by atoms with Crippen molar-refractivity contribution in [2.75, 3.05) is 19.8 Å². The fraction of sp³-hybridized carbons (Fsp3) is 0.545. The number of hydrogen-bond donors (Lipinski definition) is 1. The first kappa shape index (κ1) is 11.0. The molecule has 1 atom stereocenters. The Balaban J connectivity index is 1.85. The van der Waals surface area contributed by atoms with E-state index in [-0.39, 0.29) is 5.91 Å². The molecule has 0 radical (unpaired) electrons. The van der Waals surface area contributed by atoms with E-state index in [1.165, 1.54) is 0 Å². The van der Waals surface area contributed by atoms with Gasteiger partial charge in [-0.2, -0.15) is 5.10 Å². The summed E-state index contributed by atoms with van der Waals surface area (Å²) in [5, 5.41) is 10.5. The Kier molecular flexibility index (Phi) is 3.46. The Labute approximate surface area is 94.2 Å². The molecule has 0 aliphatic carbocycles. The number of carbonyl (C=O) groups is 1. The summed E-state index contributed by atoms with van der Waals surface area (Å²) in [4.78, 5) is 11.7. The topological polar surface area (TPSA) is 64.1 Å². The monoisotopic (exact) mass is 221 g/mol. The minimum absolute atomic E-state index is 0.167. The number of amides is 1. The molecule has 0 spiro atoms. The quantitative estimate of drug-likeness (QED) is 0.809. The van der Waals surface area contributed by atoms with Crippen LogP contribution >= 0.6 is 0 Å². The maximum Gasteiger partial charge on any atom is 0.271 e. The van der Waals surface area contributed by atoms with E-state index in [9.17, 15) is 4.79 Å². The zero-order valence-electron chi connectivity index (χ0n) is 9.27. The first-order chi connectivity index (χ1) is 7.75. The SMILES string of the molecule is Cc1ccc(C(=O)NCC2CCOC2)nn1. The van der Waals surface area contributed by atoms with Crippen LogP contribution in [0, 0.1) is 12.8 Å². The van der Waals surface area contributed by atoms with E-state index in [1.807, 2.05) is 6.92 Å². The molecule has 0 aromatic carbocycles. The highest BCUT2D eigenvalue weighted by atomic mass is 16.5. The minimum atomic E-state index is -0.167.